The van der Waals surface area contributed by atoms with Crippen LogP contribution in [0.15, 0.2) is 0 Å². The predicted molar refractivity (Wildman–Crippen MR) is 0 cm³/mol. The smallest absolute Gasteiger partial charge is 0.357 e. The van der Waals surface area contributed by atoms with Gasteiger partial charge in [0.2, 0.25) is 0 Å². The Hall–Kier alpha value is 1.81. The Labute approximate surface area is 93.4 Å². The molecule has 0 aliphatic heterocycles. The third-order valence-corrected chi connectivity index (χ3v) is 0. The third-order valence-electron chi connectivity index (χ3n) is 0. The van der Waals surface area contributed by atoms with Gasteiger partial charge in [-0.3, -0.25) is 0 Å². The standard InChI is InChI=1S/2ClO3.Ra/c2*2-1(3)4;/q2*-1;+2. The molecule has 9 heavy (non-hydrogen) atoms. The quantitative estimate of drug-likeness (QED) is 0.401. The second-order valence-corrected chi connectivity index (χ2v) is 1.13. The number of rotatable bonds is 0. The largest absolute Gasteiger partial charge is 2.00 e. The predicted octanol–water partition coefficient (Wildman–Crippen LogP) is -7.13. The van der Waals surface area contributed by atoms with Gasteiger partial charge in [0.05, 0.1) is 21.6 Å². The summed E-state index contributed by atoms with van der Waals surface area (Å²) < 4.78 is 50.4. The van der Waals surface area contributed by atoms with Gasteiger partial charge in [0, 0.05) is 0 Å². The van der Waals surface area contributed by atoms with Crippen molar-refractivity contribution in [3.05, 3.63) is 0 Å². The average molecular weight is 393 g/mol. The molecule has 0 N–H and O–H groups in total. The summed E-state index contributed by atoms with van der Waals surface area (Å²) in [6.07, 6.45) is 0. The molecule has 6 nitrogen and oxygen atoms in total. The van der Waals surface area contributed by atoms with Crippen molar-refractivity contribution in [2.45, 2.75) is 0 Å². The summed E-state index contributed by atoms with van der Waals surface area (Å²) >= 11 is 0. The summed E-state index contributed by atoms with van der Waals surface area (Å²) in [6, 6.07) is 0. The molecule has 0 fully saturated rings. The molecule has 0 saturated carbocycles. The molecule has 0 aromatic heterocycles. The van der Waals surface area contributed by atoms with Crippen molar-refractivity contribution in [1.82, 2.24) is 0 Å². The van der Waals surface area contributed by atoms with Gasteiger partial charge >= 0.3 is 45.0 Å². The summed E-state index contributed by atoms with van der Waals surface area (Å²) in [5, 5.41) is 0. The topological polar surface area (TPSA) is 138 Å². The molecule has 0 spiro atoms. The van der Waals surface area contributed by atoms with Crippen molar-refractivity contribution in [2.24, 2.45) is 0 Å². The summed E-state index contributed by atoms with van der Waals surface area (Å²) in [4.78, 5) is 0. The molecule has 0 bridgehead atoms. The van der Waals surface area contributed by atoms with E-state index >= 15 is 0 Å². The van der Waals surface area contributed by atoms with Gasteiger partial charge in [-0.15, -0.1) is 0 Å². The normalized spacial score (nSPS) is 8.00. The minimum absolute atomic E-state index is 0. The maximum absolute atomic E-state index is 8.41. The molecule has 9 heteroatoms. The van der Waals surface area contributed by atoms with Gasteiger partial charge in [0.1, 0.15) is 0 Å². The van der Waals surface area contributed by atoms with Crippen LogP contribution in [-0.2, 0) is 0 Å². The summed E-state index contributed by atoms with van der Waals surface area (Å²) in [7, 11) is -5.70. The fourth-order valence-corrected chi connectivity index (χ4v) is 0. The Morgan fingerprint density at radius 2 is 0.556 bits per heavy atom. The maximum atomic E-state index is 8.41. The van der Waals surface area contributed by atoms with Crippen molar-refractivity contribution >= 4 is 0 Å². The Bertz CT molecular complexity index is 26.5. The molecule has 0 aliphatic carbocycles. The zero-order valence-corrected chi connectivity index (χ0v) is 11.2. The molecule has 0 rings (SSSR count). The fraction of sp³-hybridized carbons (Fsp3) is 0. The molecule has 0 aromatic rings. The van der Waals surface area contributed by atoms with E-state index in [1.165, 1.54) is 0 Å². The summed E-state index contributed by atoms with van der Waals surface area (Å²) in [5.41, 5.74) is 0. The van der Waals surface area contributed by atoms with Gasteiger partial charge in [-0.25, -0.2) is 0 Å². The molecule has 0 radical (unpaired) electrons. The van der Waals surface area contributed by atoms with Crippen molar-refractivity contribution in [3.8, 4) is 0 Å². The van der Waals surface area contributed by atoms with Crippen LogP contribution < -0.4 is 28.0 Å². The number of hydrogen-bond acceptors (Lipinski definition) is 6. The van der Waals surface area contributed by atoms with E-state index in [1.807, 2.05) is 0 Å². The van der Waals surface area contributed by atoms with Crippen LogP contribution >= 0.6 is 0 Å². The number of hydrogen-bond donors (Lipinski definition) is 0. The van der Waals surface area contributed by atoms with E-state index in [-0.39, 0.29) is 45.0 Å². The van der Waals surface area contributed by atoms with Crippen LogP contribution in [-0.4, -0.2) is 0 Å². The molecular weight excluding hydrogens is 393 g/mol. The van der Waals surface area contributed by atoms with Gasteiger partial charge in [0.15, 0.2) is 0 Å². The average Bonchev–Trinajstić information content (AvgIpc) is 1.25. The van der Waals surface area contributed by atoms with Crippen molar-refractivity contribution in [1.29, 1.82) is 0 Å². The molecular formula is Cl2O6Ra. The molecule has 0 atom stereocenters. The second kappa shape index (κ2) is 12.5. The SMILES string of the molecule is [O-][Cl+2]([O-])[O-].[O-][Cl+2]([O-])[O-].[Ra+2]. The van der Waals surface area contributed by atoms with Crippen molar-refractivity contribution < 1.29 is 94.5 Å². The van der Waals surface area contributed by atoms with Gasteiger partial charge < -0.3 is 28.0 Å². The van der Waals surface area contributed by atoms with Gasteiger partial charge in [-0.2, -0.15) is 0 Å². The first-order valence-corrected chi connectivity index (χ1v) is 2.78. The van der Waals surface area contributed by atoms with E-state index in [0.29, 0.717) is 0 Å². The monoisotopic (exact) mass is 392 g/mol. The first kappa shape index (κ1) is 17.1. The first-order valence-electron chi connectivity index (χ1n) is 0.926. The number of halogens is 2. The molecule has 0 saturated heterocycles. The van der Waals surface area contributed by atoms with E-state index in [1.54, 1.807) is 0 Å². The fourth-order valence-electron chi connectivity index (χ4n) is 0. The molecule has 0 amide bonds. The third kappa shape index (κ3) is 183. The molecule has 0 unspecified atom stereocenters. The van der Waals surface area contributed by atoms with Crippen LogP contribution in [0.5, 0.6) is 0 Å². The van der Waals surface area contributed by atoms with Crippen molar-refractivity contribution in [2.75, 3.05) is 0 Å². The van der Waals surface area contributed by atoms with Crippen LogP contribution in [0.25, 0.3) is 0 Å². The van der Waals surface area contributed by atoms with Crippen LogP contribution in [0.2, 0.25) is 0 Å². The Morgan fingerprint density at radius 3 is 0.556 bits per heavy atom. The summed E-state index contributed by atoms with van der Waals surface area (Å²) in [6.45, 7) is 0. The first-order chi connectivity index (χ1) is 3.46. The van der Waals surface area contributed by atoms with E-state index in [0.717, 1.165) is 0 Å². The molecule has 0 aliphatic rings. The van der Waals surface area contributed by atoms with Gasteiger partial charge in [0.25, 0.3) is 0 Å². The molecule has 52 valence electrons. The van der Waals surface area contributed by atoms with Gasteiger partial charge in [-0.05, 0) is 0 Å². The Morgan fingerprint density at radius 1 is 0.556 bits per heavy atom. The summed E-state index contributed by atoms with van der Waals surface area (Å²) in [5.74, 6) is 0. The molecule has 0 heterocycles. The zero-order chi connectivity index (χ0) is 7.15. The second-order valence-electron chi connectivity index (χ2n) is 0.378. The maximum Gasteiger partial charge on any atom is 2.00 e. The van der Waals surface area contributed by atoms with E-state index in [9.17, 15) is 0 Å². The minimum atomic E-state index is -2.85. The minimum Gasteiger partial charge on any atom is -0.357 e. The Kier molecular flexibility index (Phi) is 23.6. The van der Waals surface area contributed by atoms with E-state index in [2.05, 4.69) is 0 Å². The van der Waals surface area contributed by atoms with Crippen molar-refractivity contribution in [3.63, 3.8) is 0 Å². The van der Waals surface area contributed by atoms with Crippen LogP contribution in [0.4, 0.5) is 0 Å². The zero-order valence-electron chi connectivity index (χ0n) is 3.91. The van der Waals surface area contributed by atoms with E-state index in [4.69, 9.17) is 28.0 Å². The van der Waals surface area contributed by atoms with Crippen LogP contribution in [0.1, 0.15) is 0 Å². The van der Waals surface area contributed by atoms with Crippen LogP contribution in [0, 0.1) is 66.6 Å². The van der Waals surface area contributed by atoms with E-state index < -0.39 is 21.6 Å². The van der Waals surface area contributed by atoms with Gasteiger partial charge in [-0.1, -0.05) is 0 Å². The molecule has 0 aromatic carbocycles. The Balaban J connectivity index is -0.0000000720. The van der Waals surface area contributed by atoms with Crippen LogP contribution in [0.3, 0.4) is 0 Å².